The third kappa shape index (κ3) is 6.44. The van der Waals surface area contributed by atoms with E-state index in [4.69, 9.17) is 14.6 Å². The van der Waals surface area contributed by atoms with Crippen molar-refractivity contribution in [2.75, 3.05) is 33.4 Å². The van der Waals surface area contributed by atoms with Gasteiger partial charge in [-0.3, -0.25) is 4.79 Å². The Bertz CT molecular complexity index is 973. The number of carboxylic acid groups (broad SMARTS) is 1. The van der Waals surface area contributed by atoms with Crippen LogP contribution in [0.25, 0.3) is 11.1 Å². The number of hydrogen-bond acceptors (Lipinski definition) is 4. The Labute approximate surface area is 193 Å². The topological polar surface area (TPSA) is 88.1 Å². The second-order valence-electron chi connectivity index (χ2n) is 8.23. The summed E-state index contributed by atoms with van der Waals surface area (Å²) >= 11 is 0. The molecule has 0 saturated carbocycles. The van der Waals surface area contributed by atoms with Gasteiger partial charge in [0.1, 0.15) is 11.6 Å². The molecule has 1 saturated heterocycles. The van der Waals surface area contributed by atoms with Gasteiger partial charge in [-0.05, 0) is 60.6 Å². The largest absolute Gasteiger partial charge is 0.493 e. The van der Waals surface area contributed by atoms with Crippen molar-refractivity contribution in [1.29, 1.82) is 0 Å². The fourth-order valence-corrected chi connectivity index (χ4v) is 3.88. The van der Waals surface area contributed by atoms with Crippen LogP contribution in [0.4, 0.5) is 9.18 Å². The van der Waals surface area contributed by atoms with Crippen LogP contribution >= 0.6 is 0 Å². The van der Waals surface area contributed by atoms with E-state index >= 15 is 0 Å². The minimum absolute atomic E-state index is 0.0261. The molecule has 0 spiro atoms. The number of hydrogen-bond donors (Lipinski definition) is 2. The summed E-state index contributed by atoms with van der Waals surface area (Å²) in [4.78, 5) is 24.6. The van der Waals surface area contributed by atoms with E-state index in [0.717, 1.165) is 30.4 Å². The van der Waals surface area contributed by atoms with E-state index < -0.39 is 17.8 Å². The lowest BCUT2D eigenvalue weighted by Crippen LogP contribution is -2.38. The molecule has 2 amide bonds. The van der Waals surface area contributed by atoms with Crippen LogP contribution in [0.1, 0.15) is 42.1 Å². The van der Waals surface area contributed by atoms with Crippen LogP contribution in [0.5, 0.6) is 5.75 Å². The Morgan fingerprint density at radius 1 is 1.15 bits per heavy atom. The number of amides is 2. The van der Waals surface area contributed by atoms with E-state index in [0.29, 0.717) is 44.2 Å². The highest BCUT2D eigenvalue weighted by atomic mass is 19.1. The fraction of sp³-hybridized carbons (Fsp3) is 0.440. The maximum absolute atomic E-state index is 14.6. The zero-order chi connectivity index (χ0) is 23.8. The van der Waals surface area contributed by atoms with Crippen molar-refractivity contribution < 1.29 is 28.6 Å². The molecule has 2 aromatic carbocycles. The average Bonchev–Trinajstić information content (AvgIpc) is 2.82. The summed E-state index contributed by atoms with van der Waals surface area (Å²) in [6.45, 7) is 4.31. The first-order chi connectivity index (χ1) is 15.9. The molecule has 33 heavy (non-hydrogen) atoms. The average molecular weight is 459 g/mol. The van der Waals surface area contributed by atoms with Gasteiger partial charge in [0.05, 0.1) is 18.8 Å². The number of benzene rings is 2. The van der Waals surface area contributed by atoms with Crippen LogP contribution in [0.3, 0.4) is 0 Å². The van der Waals surface area contributed by atoms with E-state index in [9.17, 15) is 14.0 Å². The number of halogens is 1. The lowest BCUT2D eigenvalue weighted by Gasteiger charge is -2.30. The summed E-state index contributed by atoms with van der Waals surface area (Å²) in [5.74, 6) is -0.00482. The van der Waals surface area contributed by atoms with Crippen LogP contribution in [-0.4, -0.2) is 55.4 Å². The number of carbonyl (C=O) groups is 2. The van der Waals surface area contributed by atoms with Crippen LogP contribution in [-0.2, 0) is 11.3 Å². The molecule has 1 aliphatic heterocycles. The molecule has 8 heteroatoms. The Balaban J connectivity index is 1.70. The van der Waals surface area contributed by atoms with E-state index in [1.165, 1.54) is 17.0 Å². The van der Waals surface area contributed by atoms with Gasteiger partial charge in [0.15, 0.2) is 0 Å². The van der Waals surface area contributed by atoms with Gasteiger partial charge < -0.3 is 24.8 Å². The quantitative estimate of drug-likeness (QED) is 0.576. The molecule has 2 N–H and O–H groups in total. The number of carbonyl (C=O) groups excluding carboxylic acids is 1. The monoisotopic (exact) mass is 458 g/mol. The van der Waals surface area contributed by atoms with Gasteiger partial charge in [-0.15, -0.1) is 0 Å². The molecule has 0 atom stereocenters. The molecular weight excluding hydrogens is 427 g/mol. The van der Waals surface area contributed by atoms with E-state index in [1.54, 1.807) is 13.2 Å². The van der Waals surface area contributed by atoms with Crippen molar-refractivity contribution in [3.63, 3.8) is 0 Å². The molecular formula is C25H31FN2O5. The molecule has 0 aliphatic carbocycles. The summed E-state index contributed by atoms with van der Waals surface area (Å²) in [6, 6.07) is 10.2. The predicted molar refractivity (Wildman–Crippen MR) is 123 cm³/mol. The third-order valence-corrected chi connectivity index (χ3v) is 5.80. The van der Waals surface area contributed by atoms with Crippen LogP contribution in [0.2, 0.25) is 0 Å². The standard InChI is InChI=1S/C25H31FN2O5/c1-3-10-27-24(29)21-6-4-19(14-22(21)26)18-5-7-23(20(13-18)16-32-2)33-15-17-8-11-28(12-9-17)25(30)31/h4-7,13-14,17H,3,8-12,15-16H2,1-2H3,(H,27,29)(H,30,31). The van der Waals surface area contributed by atoms with Crippen molar-refractivity contribution in [3.05, 3.63) is 53.3 Å². The molecule has 0 unspecified atom stereocenters. The van der Waals surface area contributed by atoms with Gasteiger partial charge in [0.25, 0.3) is 5.91 Å². The molecule has 7 nitrogen and oxygen atoms in total. The second kappa shape index (κ2) is 11.7. The van der Waals surface area contributed by atoms with Crippen molar-refractivity contribution in [1.82, 2.24) is 10.2 Å². The van der Waals surface area contributed by atoms with E-state index in [1.807, 2.05) is 25.1 Å². The van der Waals surface area contributed by atoms with Gasteiger partial charge in [0, 0.05) is 32.3 Å². The number of nitrogens with one attached hydrogen (secondary N) is 1. The first kappa shape index (κ1) is 24.5. The van der Waals surface area contributed by atoms with Gasteiger partial charge in [0.2, 0.25) is 0 Å². The number of nitrogens with zero attached hydrogens (tertiary/aromatic N) is 1. The number of rotatable bonds is 9. The van der Waals surface area contributed by atoms with Crippen LogP contribution in [0, 0.1) is 11.7 Å². The molecule has 1 fully saturated rings. The SMILES string of the molecule is CCCNC(=O)c1ccc(-c2ccc(OCC3CCN(C(=O)O)CC3)c(COC)c2)cc1F. The van der Waals surface area contributed by atoms with E-state index in [2.05, 4.69) is 5.32 Å². The molecule has 2 aromatic rings. The predicted octanol–water partition coefficient (Wildman–Crippen LogP) is 4.55. The maximum Gasteiger partial charge on any atom is 0.407 e. The number of likely N-dealkylation sites (tertiary alicyclic amines) is 1. The molecule has 3 rings (SSSR count). The first-order valence-electron chi connectivity index (χ1n) is 11.2. The van der Waals surface area contributed by atoms with Crippen molar-refractivity contribution in [2.24, 2.45) is 5.92 Å². The molecule has 0 radical (unpaired) electrons. The highest BCUT2D eigenvalue weighted by Gasteiger charge is 2.23. The summed E-state index contributed by atoms with van der Waals surface area (Å²) in [5.41, 5.74) is 2.31. The summed E-state index contributed by atoms with van der Waals surface area (Å²) in [6.07, 6.45) is 1.44. The van der Waals surface area contributed by atoms with E-state index in [-0.39, 0.29) is 11.5 Å². The lowest BCUT2D eigenvalue weighted by molar-refractivity contribution is 0.0949. The first-order valence-corrected chi connectivity index (χ1v) is 11.2. The van der Waals surface area contributed by atoms with Crippen LogP contribution in [0.15, 0.2) is 36.4 Å². The van der Waals surface area contributed by atoms with Crippen molar-refractivity contribution in [3.8, 4) is 16.9 Å². The normalized spacial score (nSPS) is 14.2. The maximum atomic E-state index is 14.6. The fourth-order valence-electron chi connectivity index (χ4n) is 3.88. The summed E-state index contributed by atoms with van der Waals surface area (Å²) < 4.78 is 26.0. The van der Waals surface area contributed by atoms with Crippen molar-refractivity contribution >= 4 is 12.0 Å². The Morgan fingerprint density at radius 3 is 2.48 bits per heavy atom. The van der Waals surface area contributed by atoms with Gasteiger partial charge >= 0.3 is 6.09 Å². The zero-order valence-corrected chi connectivity index (χ0v) is 19.1. The van der Waals surface area contributed by atoms with Gasteiger partial charge in [-0.2, -0.15) is 0 Å². The molecule has 1 aliphatic rings. The Morgan fingerprint density at radius 2 is 1.85 bits per heavy atom. The molecule has 178 valence electrons. The molecule has 1 heterocycles. The highest BCUT2D eigenvalue weighted by Crippen LogP contribution is 2.29. The molecule has 0 bridgehead atoms. The highest BCUT2D eigenvalue weighted by molar-refractivity contribution is 5.95. The Kier molecular flexibility index (Phi) is 8.65. The van der Waals surface area contributed by atoms with Gasteiger partial charge in [-0.1, -0.05) is 19.1 Å². The number of piperidine rings is 1. The summed E-state index contributed by atoms with van der Waals surface area (Å²) in [7, 11) is 1.60. The molecule has 0 aromatic heterocycles. The number of methoxy groups -OCH3 is 1. The minimum Gasteiger partial charge on any atom is -0.493 e. The smallest absolute Gasteiger partial charge is 0.407 e. The Hall–Kier alpha value is -3.13. The van der Waals surface area contributed by atoms with Crippen LogP contribution < -0.4 is 10.1 Å². The summed E-state index contributed by atoms with van der Waals surface area (Å²) in [5, 5.41) is 11.8. The van der Waals surface area contributed by atoms with Gasteiger partial charge in [-0.25, -0.2) is 9.18 Å². The second-order valence-corrected chi connectivity index (χ2v) is 8.23. The zero-order valence-electron chi connectivity index (χ0n) is 19.1. The third-order valence-electron chi connectivity index (χ3n) is 5.80. The lowest BCUT2D eigenvalue weighted by atomic mass is 9.98. The van der Waals surface area contributed by atoms with Crippen molar-refractivity contribution in [2.45, 2.75) is 32.8 Å². The number of ether oxygens (including phenoxy) is 2. The minimum atomic E-state index is -0.876.